The van der Waals surface area contributed by atoms with E-state index in [1.54, 1.807) is 6.92 Å². The van der Waals surface area contributed by atoms with Gasteiger partial charge >= 0.3 is 0 Å². The number of nitrogens with one attached hydrogen (secondary N) is 1. The van der Waals surface area contributed by atoms with Crippen LogP contribution in [0, 0.1) is 24.4 Å². The zero-order chi connectivity index (χ0) is 17.6. The second kappa shape index (κ2) is 6.02. The summed E-state index contributed by atoms with van der Waals surface area (Å²) in [4.78, 5) is 8.34. The van der Waals surface area contributed by atoms with Crippen molar-refractivity contribution in [1.82, 2.24) is 19.6 Å². The van der Waals surface area contributed by atoms with Crippen molar-refractivity contribution in [3.05, 3.63) is 41.6 Å². The van der Waals surface area contributed by atoms with Gasteiger partial charge in [0.2, 0.25) is 0 Å². The standard InChI is InChI=1S/C17H16F3N5/c1-9-14(15-12(19)6-10(18)7-13(15)20)16(24-11-4-2-3-5-11)25-17(23-9)21-8-22-25/h6-8,11,24H,2-5H2,1H3. The summed E-state index contributed by atoms with van der Waals surface area (Å²) in [6.45, 7) is 1.64. The third-order valence-electron chi connectivity index (χ3n) is 4.56. The van der Waals surface area contributed by atoms with Crippen LogP contribution in [0.1, 0.15) is 31.4 Å². The van der Waals surface area contributed by atoms with Gasteiger partial charge in [0.15, 0.2) is 0 Å². The lowest BCUT2D eigenvalue weighted by atomic mass is 10.0. The first-order valence-electron chi connectivity index (χ1n) is 8.16. The summed E-state index contributed by atoms with van der Waals surface area (Å²) in [5.41, 5.74) is 0.314. The molecule has 1 aliphatic carbocycles. The maximum absolute atomic E-state index is 14.4. The van der Waals surface area contributed by atoms with E-state index >= 15 is 0 Å². The minimum absolute atomic E-state index is 0.180. The van der Waals surface area contributed by atoms with E-state index < -0.39 is 17.5 Å². The van der Waals surface area contributed by atoms with Crippen LogP contribution < -0.4 is 5.32 Å². The second-order valence-electron chi connectivity index (χ2n) is 6.26. The van der Waals surface area contributed by atoms with E-state index in [1.807, 2.05) is 0 Å². The van der Waals surface area contributed by atoms with Crippen molar-refractivity contribution in [2.45, 2.75) is 38.6 Å². The molecule has 1 fully saturated rings. The van der Waals surface area contributed by atoms with E-state index in [4.69, 9.17) is 0 Å². The number of fused-ring (bicyclic) bond motifs is 1. The number of nitrogens with zero attached hydrogens (tertiary/aromatic N) is 4. The molecule has 1 aliphatic rings. The largest absolute Gasteiger partial charge is 0.367 e. The average Bonchev–Trinajstić information content (AvgIpc) is 3.20. The van der Waals surface area contributed by atoms with Crippen molar-refractivity contribution in [1.29, 1.82) is 0 Å². The zero-order valence-corrected chi connectivity index (χ0v) is 13.6. The fourth-order valence-electron chi connectivity index (χ4n) is 3.43. The van der Waals surface area contributed by atoms with Gasteiger partial charge in [-0.05, 0) is 19.8 Å². The molecule has 0 bridgehead atoms. The van der Waals surface area contributed by atoms with Crippen molar-refractivity contribution in [3.63, 3.8) is 0 Å². The van der Waals surface area contributed by atoms with Crippen LogP contribution in [-0.4, -0.2) is 25.6 Å². The van der Waals surface area contributed by atoms with E-state index in [9.17, 15) is 13.2 Å². The Morgan fingerprint density at radius 2 is 1.76 bits per heavy atom. The highest BCUT2D eigenvalue weighted by Crippen LogP contribution is 2.36. The van der Waals surface area contributed by atoms with Crippen molar-refractivity contribution >= 4 is 11.6 Å². The van der Waals surface area contributed by atoms with Crippen molar-refractivity contribution < 1.29 is 13.2 Å². The Kier molecular flexibility index (Phi) is 3.82. The smallest absolute Gasteiger partial charge is 0.254 e. The van der Waals surface area contributed by atoms with E-state index in [-0.39, 0.29) is 17.2 Å². The van der Waals surface area contributed by atoms with Crippen LogP contribution in [0.25, 0.3) is 16.9 Å². The minimum atomic E-state index is -0.976. The van der Waals surface area contributed by atoms with Crippen molar-refractivity contribution in [2.24, 2.45) is 0 Å². The lowest BCUT2D eigenvalue weighted by Crippen LogP contribution is -2.19. The normalized spacial score (nSPS) is 15.2. The van der Waals surface area contributed by atoms with Gasteiger partial charge in [-0.2, -0.15) is 14.6 Å². The number of aryl methyl sites for hydroxylation is 1. The van der Waals surface area contributed by atoms with Gasteiger partial charge < -0.3 is 5.32 Å². The topological polar surface area (TPSA) is 55.1 Å². The number of hydrogen-bond acceptors (Lipinski definition) is 4. The molecule has 0 unspecified atom stereocenters. The maximum Gasteiger partial charge on any atom is 0.254 e. The molecular weight excluding hydrogens is 331 g/mol. The van der Waals surface area contributed by atoms with Crippen LogP contribution in [0.3, 0.4) is 0 Å². The predicted octanol–water partition coefficient (Wildman–Crippen LogP) is 3.87. The summed E-state index contributed by atoms with van der Waals surface area (Å²) < 4.78 is 43.6. The molecule has 2 aromatic heterocycles. The Morgan fingerprint density at radius 1 is 1.08 bits per heavy atom. The molecule has 8 heteroatoms. The number of benzene rings is 1. The van der Waals surface area contributed by atoms with Gasteiger partial charge in [0, 0.05) is 18.2 Å². The molecule has 0 spiro atoms. The third kappa shape index (κ3) is 2.71. The van der Waals surface area contributed by atoms with E-state index in [1.165, 1.54) is 10.8 Å². The monoisotopic (exact) mass is 347 g/mol. The summed E-state index contributed by atoms with van der Waals surface area (Å²) in [6.07, 6.45) is 5.45. The van der Waals surface area contributed by atoms with Crippen LogP contribution >= 0.6 is 0 Å². The van der Waals surface area contributed by atoms with Gasteiger partial charge in [0.1, 0.15) is 29.6 Å². The summed E-state index contributed by atoms with van der Waals surface area (Å²) in [5, 5.41) is 7.47. The molecule has 1 saturated carbocycles. The van der Waals surface area contributed by atoms with Crippen LogP contribution in [0.5, 0.6) is 0 Å². The molecule has 4 rings (SSSR count). The fraction of sp³-hybridized carbons (Fsp3) is 0.353. The minimum Gasteiger partial charge on any atom is -0.367 e. The Labute approximate surface area is 141 Å². The summed E-state index contributed by atoms with van der Waals surface area (Å²) in [6, 6.07) is 1.52. The fourth-order valence-corrected chi connectivity index (χ4v) is 3.43. The van der Waals surface area contributed by atoms with Gasteiger partial charge in [-0.3, -0.25) is 0 Å². The average molecular weight is 347 g/mol. The molecule has 0 atom stereocenters. The summed E-state index contributed by atoms with van der Waals surface area (Å²) in [5.74, 6) is -2.15. The SMILES string of the molecule is Cc1nc2ncnn2c(NC2CCCC2)c1-c1c(F)cc(F)cc1F. The van der Waals surface area contributed by atoms with Gasteiger partial charge in [0.05, 0.1) is 16.8 Å². The van der Waals surface area contributed by atoms with Crippen molar-refractivity contribution in [3.8, 4) is 11.1 Å². The number of rotatable bonds is 3. The molecule has 1 aromatic carbocycles. The number of hydrogen-bond donors (Lipinski definition) is 1. The van der Waals surface area contributed by atoms with E-state index in [2.05, 4.69) is 20.4 Å². The van der Waals surface area contributed by atoms with Gasteiger partial charge in [-0.15, -0.1) is 0 Å². The van der Waals surface area contributed by atoms with Gasteiger partial charge in [-0.1, -0.05) is 12.8 Å². The highest BCUT2D eigenvalue weighted by Gasteiger charge is 2.25. The lowest BCUT2D eigenvalue weighted by molar-refractivity contribution is 0.547. The van der Waals surface area contributed by atoms with E-state index in [0.717, 1.165) is 25.7 Å². The molecule has 130 valence electrons. The van der Waals surface area contributed by atoms with Crippen molar-refractivity contribution in [2.75, 3.05) is 5.32 Å². The molecule has 3 aromatic rings. The molecule has 0 aliphatic heterocycles. The molecule has 0 saturated heterocycles. The van der Waals surface area contributed by atoms with Crippen LogP contribution in [0.2, 0.25) is 0 Å². The first kappa shape index (κ1) is 15.9. The predicted molar refractivity (Wildman–Crippen MR) is 86.7 cm³/mol. The van der Waals surface area contributed by atoms with Crippen LogP contribution in [-0.2, 0) is 0 Å². The quantitative estimate of drug-likeness (QED) is 0.781. The Balaban J connectivity index is 1.97. The van der Waals surface area contributed by atoms with Crippen LogP contribution in [0.4, 0.5) is 19.0 Å². The lowest BCUT2D eigenvalue weighted by Gasteiger charge is -2.20. The first-order chi connectivity index (χ1) is 12.0. The Bertz CT molecular complexity index is 924. The van der Waals surface area contributed by atoms with Crippen LogP contribution in [0.15, 0.2) is 18.5 Å². The van der Waals surface area contributed by atoms with Gasteiger partial charge in [0.25, 0.3) is 5.78 Å². The molecule has 25 heavy (non-hydrogen) atoms. The second-order valence-corrected chi connectivity index (χ2v) is 6.26. The zero-order valence-electron chi connectivity index (χ0n) is 13.6. The number of anilines is 1. The summed E-state index contributed by atoms with van der Waals surface area (Å²) in [7, 11) is 0. The molecule has 5 nitrogen and oxygen atoms in total. The molecule has 0 amide bonds. The number of aromatic nitrogens is 4. The molecule has 2 heterocycles. The van der Waals surface area contributed by atoms with E-state index in [0.29, 0.717) is 29.4 Å². The molecule has 1 N–H and O–H groups in total. The number of halogens is 3. The highest BCUT2D eigenvalue weighted by atomic mass is 19.1. The Morgan fingerprint density at radius 3 is 2.44 bits per heavy atom. The summed E-state index contributed by atoms with van der Waals surface area (Å²) >= 11 is 0. The molecule has 0 radical (unpaired) electrons. The Hall–Kier alpha value is -2.64. The maximum atomic E-state index is 14.4. The highest BCUT2D eigenvalue weighted by molar-refractivity contribution is 5.79. The van der Waals surface area contributed by atoms with Gasteiger partial charge in [-0.25, -0.2) is 18.2 Å². The third-order valence-corrected chi connectivity index (χ3v) is 4.56. The first-order valence-corrected chi connectivity index (χ1v) is 8.16. The molecular formula is C17H16F3N5.